The van der Waals surface area contributed by atoms with Crippen LogP contribution in [0.3, 0.4) is 0 Å². The van der Waals surface area contributed by atoms with E-state index < -0.39 is 5.56 Å². The Morgan fingerprint density at radius 1 is 1.12 bits per heavy atom. The van der Waals surface area contributed by atoms with Gasteiger partial charge in [-0.1, -0.05) is 18.2 Å². The van der Waals surface area contributed by atoms with Gasteiger partial charge in [0.2, 0.25) is 0 Å². The second-order valence-corrected chi connectivity index (χ2v) is 6.33. The Balaban J connectivity index is 1.43. The Bertz CT molecular complexity index is 948. The molecule has 4 rings (SSSR count). The molecule has 2 N–H and O–H groups in total. The van der Waals surface area contributed by atoms with Crippen LogP contribution in [0.1, 0.15) is 16.8 Å². The zero-order chi connectivity index (χ0) is 17.9. The molecule has 3 heterocycles. The van der Waals surface area contributed by atoms with Crippen LogP contribution < -0.4 is 15.8 Å². The first-order valence-corrected chi connectivity index (χ1v) is 8.59. The Labute approximate surface area is 150 Å². The normalized spacial score (nSPS) is 16.6. The van der Waals surface area contributed by atoms with Crippen molar-refractivity contribution in [1.29, 1.82) is 0 Å². The summed E-state index contributed by atoms with van der Waals surface area (Å²) in [4.78, 5) is 29.7. The third kappa shape index (κ3) is 3.26. The molecule has 1 aromatic carbocycles. The van der Waals surface area contributed by atoms with Crippen LogP contribution in [0, 0.1) is 0 Å². The van der Waals surface area contributed by atoms with Crippen LogP contribution in [0.2, 0.25) is 0 Å². The lowest BCUT2D eigenvalue weighted by Crippen LogP contribution is -2.39. The molecular formula is C20H19N3O3. The smallest absolute Gasteiger partial charge is 0.261 e. The van der Waals surface area contributed by atoms with Crippen LogP contribution in [0.25, 0.3) is 11.5 Å². The van der Waals surface area contributed by atoms with Crippen LogP contribution in [0.4, 0.5) is 5.69 Å². The highest BCUT2D eigenvalue weighted by atomic mass is 16.3. The fourth-order valence-electron chi connectivity index (χ4n) is 3.24. The number of rotatable bonds is 4. The average molecular weight is 349 g/mol. The van der Waals surface area contributed by atoms with Crippen molar-refractivity contribution in [3.05, 3.63) is 76.8 Å². The average Bonchev–Trinajstić information content (AvgIpc) is 3.34. The topological polar surface area (TPSA) is 78.3 Å². The zero-order valence-electron chi connectivity index (χ0n) is 14.1. The van der Waals surface area contributed by atoms with Gasteiger partial charge in [0.1, 0.15) is 11.3 Å². The molecule has 132 valence electrons. The number of nitrogens with one attached hydrogen (secondary N) is 2. The van der Waals surface area contributed by atoms with Gasteiger partial charge in [-0.05, 0) is 42.8 Å². The summed E-state index contributed by atoms with van der Waals surface area (Å²) in [5.74, 6) is 0.209. The van der Waals surface area contributed by atoms with Crippen LogP contribution in [0.5, 0.6) is 0 Å². The molecule has 1 fully saturated rings. The van der Waals surface area contributed by atoms with E-state index in [-0.39, 0.29) is 17.5 Å². The molecule has 0 radical (unpaired) electrons. The van der Waals surface area contributed by atoms with Crippen molar-refractivity contribution in [2.45, 2.75) is 12.5 Å². The second kappa shape index (κ2) is 6.92. The molecule has 1 atom stereocenters. The molecule has 6 nitrogen and oxygen atoms in total. The first-order valence-electron chi connectivity index (χ1n) is 8.59. The fourth-order valence-corrected chi connectivity index (χ4v) is 3.24. The van der Waals surface area contributed by atoms with Crippen molar-refractivity contribution in [3.63, 3.8) is 0 Å². The molecule has 6 heteroatoms. The number of carbonyl (C=O) groups is 1. The number of hydrogen-bond acceptors (Lipinski definition) is 4. The zero-order valence-corrected chi connectivity index (χ0v) is 14.1. The van der Waals surface area contributed by atoms with E-state index >= 15 is 0 Å². The Morgan fingerprint density at radius 3 is 2.69 bits per heavy atom. The minimum absolute atomic E-state index is 0.0202. The van der Waals surface area contributed by atoms with Crippen molar-refractivity contribution in [3.8, 4) is 11.5 Å². The highest BCUT2D eigenvalue weighted by molar-refractivity contribution is 5.94. The minimum Gasteiger partial charge on any atom is -0.463 e. The number of anilines is 1. The SMILES string of the molecule is O=C(N[C@@H]1CCN(c2ccccc2)C1)c1ccc(-c2ccco2)[nH]c1=O. The van der Waals surface area contributed by atoms with E-state index in [1.165, 1.54) is 12.3 Å². The monoisotopic (exact) mass is 349 g/mol. The number of furan rings is 1. The molecular weight excluding hydrogens is 330 g/mol. The maximum atomic E-state index is 12.5. The molecule has 0 saturated carbocycles. The van der Waals surface area contributed by atoms with E-state index in [4.69, 9.17) is 4.42 Å². The number of hydrogen-bond donors (Lipinski definition) is 2. The van der Waals surface area contributed by atoms with Crippen molar-refractivity contribution < 1.29 is 9.21 Å². The van der Waals surface area contributed by atoms with Gasteiger partial charge in [0.25, 0.3) is 11.5 Å². The number of pyridine rings is 1. The third-order valence-corrected chi connectivity index (χ3v) is 4.59. The van der Waals surface area contributed by atoms with Crippen LogP contribution in [-0.4, -0.2) is 30.0 Å². The van der Waals surface area contributed by atoms with Crippen molar-refractivity contribution >= 4 is 11.6 Å². The molecule has 1 aliphatic heterocycles. The quantitative estimate of drug-likeness (QED) is 0.759. The lowest BCUT2D eigenvalue weighted by molar-refractivity contribution is 0.0939. The van der Waals surface area contributed by atoms with E-state index in [9.17, 15) is 9.59 Å². The van der Waals surface area contributed by atoms with Gasteiger partial charge in [0.05, 0.1) is 12.0 Å². The lowest BCUT2D eigenvalue weighted by Gasteiger charge is -2.18. The second-order valence-electron chi connectivity index (χ2n) is 6.33. The summed E-state index contributed by atoms with van der Waals surface area (Å²) in [5.41, 5.74) is 1.38. The van der Waals surface area contributed by atoms with Gasteiger partial charge >= 0.3 is 0 Å². The number of amides is 1. The Morgan fingerprint density at radius 2 is 1.96 bits per heavy atom. The minimum atomic E-state index is -0.422. The maximum Gasteiger partial charge on any atom is 0.261 e. The summed E-state index contributed by atoms with van der Waals surface area (Å²) >= 11 is 0. The van der Waals surface area contributed by atoms with E-state index in [0.717, 1.165) is 25.2 Å². The standard InChI is InChI=1S/C20H19N3O3/c24-19(16-8-9-17(22-20(16)25)18-7-4-12-26-18)21-14-10-11-23(13-14)15-5-2-1-3-6-15/h1-9,12,14H,10-11,13H2,(H,21,24)(H,22,25)/t14-/m1/s1. The number of benzene rings is 1. The Hall–Kier alpha value is -3.28. The molecule has 0 spiro atoms. The van der Waals surface area contributed by atoms with Crippen molar-refractivity contribution in [1.82, 2.24) is 10.3 Å². The van der Waals surface area contributed by atoms with E-state index in [1.54, 1.807) is 18.2 Å². The van der Waals surface area contributed by atoms with E-state index in [0.29, 0.717) is 11.5 Å². The van der Waals surface area contributed by atoms with E-state index in [1.807, 2.05) is 18.2 Å². The Kier molecular flexibility index (Phi) is 4.31. The van der Waals surface area contributed by atoms with Crippen molar-refractivity contribution in [2.24, 2.45) is 0 Å². The summed E-state index contributed by atoms with van der Waals surface area (Å²) in [6.07, 6.45) is 2.38. The first kappa shape index (κ1) is 16.2. The van der Waals surface area contributed by atoms with Crippen LogP contribution in [-0.2, 0) is 0 Å². The summed E-state index contributed by atoms with van der Waals surface area (Å²) in [6.45, 7) is 1.61. The van der Waals surface area contributed by atoms with Crippen molar-refractivity contribution in [2.75, 3.05) is 18.0 Å². The fraction of sp³-hybridized carbons (Fsp3) is 0.200. The molecule has 2 aromatic heterocycles. The van der Waals surface area contributed by atoms with Gasteiger partial charge in [-0.15, -0.1) is 0 Å². The van der Waals surface area contributed by atoms with Gasteiger partial charge in [0, 0.05) is 24.8 Å². The molecule has 0 aliphatic carbocycles. The summed E-state index contributed by atoms with van der Waals surface area (Å²) < 4.78 is 5.26. The van der Waals surface area contributed by atoms with Crippen LogP contribution in [0.15, 0.2) is 70.1 Å². The lowest BCUT2D eigenvalue weighted by atomic mass is 10.2. The number of para-hydroxylation sites is 1. The highest BCUT2D eigenvalue weighted by Gasteiger charge is 2.25. The van der Waals surface area contributed by atoms with Gasteiger partial charge in [-0.25, -0.2) is 0 Å². The maximum absolute atomic E-state index is 12.5. The number of nitrogens with zero attached hydrogens (tertiary/aromatic N) is 1. The number of carbonyl (C=O) groups excluding carboxylic acids is 1. The predicted octanol–water partition coefficient (Wildman–Crippen LogP) is 2.64. The number of H-pyrrole nitrogens is 1. The number of aromatic amines is 1. The van der Waals surface area contributed by atoms with E-state index in [2.05, 4.69) is 27.3 Å². The van der Waals surface area contributed by atoms with Gasteiger partial charge in [-0.2, -0.15) is 0 Å². The predicted molar refractivity (Wildman–Crippen MR) is 99.3 cm³/mol. The van der Waals surface area contributed by atoms with Gasteiger partial charge < -0.3 is 19.6 Å². The third-order valence-electron chi connectivity index (χ3n) is 4.59. The number of aromatic nitrogens is 1. The van der Waals surface area contributed by atoms with Gasteiger partial charge in [-0.3, -0.25) is 9.59 Å². The molecule has 1 saturated heterocycles. The van der Waals surface area contributed by atoms with Crippen LogP contribution >= 0.6 is 0 Å². The molecule has 1 amide bonds. The summed E-state index contributed by atoms with van der Waals surface area (Å²) in [6, 6.07) is 16.8. The molecule has 0 unspecified atom stereocenters. The largest absolute Gasteiger partial charge is 0.463 e. The highest BCUT2D eigenvalue weighted by Crippen LogP contribution is 2.20. The summed E-state index contributed by atoms with van der Waals surface area (Å²) in [5, 5.41) is 2.97. The molecule has 1 aliphatic rings. The van der Waals surface area contributed by atoms with Gasteiger partial charge in [0.15, 0.2) is 0 Å². The molecule has 26 heavy (non-hydrogen) atoms. The molecule has 0 bridgehead atoms. The summed E-state index contributed by atoms with van der Waals surface area (Å²) in [7, 11) is 0. The molecule has 3 aromatic rings. The first-order chi connectivity index (χ1) is 12.7.